The molecule has 78 valence electrons. The van der Waals surface area contributed by atoms with Gasteiger partial charge in [0.15, 0.2) is 11.6 Å². The minimum atomic E-state index is 0.623. The maximum Gasteiger partial charge on any atom is 0.195 e. The summed E-state index contributed by atoms with van der Waals surface area (Å²) in [4.78, 5) is 16.1. The third-order valence-corrected chi connectivity index (χ3v) is 2.49. The number of imidazole rings is 1. The summed E-state index contributed by atoms with van der Waals surface area (Å²) >= 11 is 0. The molecule has 3 rings (SSSR count). The average Bonchev–Trinajstić information content (AvgIpc) is 2.76. The molecule has 0 amide bonds. The lowest BCUT2D eigenvalue weighted by Gasteiger charge is -1.91. The molecule has 1 N–H and O–H groups in total. The van der Waals surface area contributed by atoms with Gasteiger partial charge in [0.05, 0.1) is 11.0 Å². The molecule has 0 atom stereocenters. The van der Waals surface area contributed by atoms with Crippen LogP contribution in [-0.2, 0) is 0 Å². The van der Waals surface area contributed by atoms with Gasteiger partial charge in [-0.05, 0) is 24.6 Å². The van der Waals surface area contributed by atoms with Gasteiger partial charge in [-0.2, -0.15) is 0 Å². The zero-order valence-electron chi connectivity index (χ0n) is 8.81. The van der Waals surface area contributed by atoms with E-state index in [0.717, 1.165) is 16.6 Å². The van der Waals surface area contributed by atoms with E-state index < -0.39 is 0 Å². The minimum absolute atomic E-state index is 0.623. The molecule has 2 aromatic heterocycles. The summed E-state index contributed by atoms with van der Waals surface area (Å²) in [6, 6.07) is 7.84. The van der Waals surface area contributed by atoms with Gasteiger partial charge >= 0.3 is 0 Å². The first-order chi connectivity index (χ1) is 7.84. The number of aromatic amines is 1. The summed E-state index contributed by atoms with van der Waals surface area (Å²) in [6.45, 7) is 2.04. The Morgan fingerprint density at radius 3 is 2.62 bits per heavy atom. The Morgan fingerprint density at radius 2 is 1.88 bits per heavy atom. The van der Waals surface area contributed by atoms with Crippen LogP contribution in [0.2, 0.25) is 0 Å². The highest BCUT2D eigenvalue weighted by molar-refractivity contribution is 5.81. The van der Waals surface area contributed by atoms with Gasteiger partial charge in [0.2, 0.25) is 0 Å². The molecular formula is C12H10N4. The van der Waals surface area contributed by atoms with Crippen LogP contribution in [0.1, 0.15) is 5.56 Å². The van der Waals surface area contributed by atoms with E-state index in [2.05, 4.69) is 19.9 Å². The van der Waals surface area contributed by atoms with E-state index in [1.54, 1.807) is 18.5 Å². The lowest BCUT2D eigenvalue weighted by Crippen LogP contribution is -1.87. The smallest absolute Gasteiger partial charge is 0.195 e. The molecule has 4 nitrogen and oxygen atoms in total. The third kappa shape index (κ3) is 1.35. The molecule has 0 fully saturated rings. The number of aryl methyl sites for hydroxylation is 1. The van der Waals surface area contributed by atoms with Gasteiger partial charge in [-0.15, -0.1) is 0 Å². The number of hydrogen-bond acceptors (Lipinski definition) is 3. The fourth-order valence-corrected chi connectivity index (χ4v) is 1.70. The van der Waals surface area contributed by atoms with E-state index in [1.165, 1.54) is 0 Å². The molecule has 16 heavy (non-hydrogen) atoms. The number of rotatable bonds is 1. The number of H-pyrrole nitrogens is 1. The first-order valence-corrected chi connectivity index (χ1v) is 5.07. The standard InChI is InChI=1S/C12H10N4/c1-8-4-2-5-9-10(8)16-12(15-9)11-13-6-3-7-14-11/h2-7H,1H3,(H,15,16). The molecule has 0 unspecified atom stereocenters. The van der Waals surface area contributed by atoms with Crippen LogP contribution in [0.3, 0.4) is 0 Å². The topological polar surface area (TPSA) is 54.5 Å². The number of benzene rings is 1. The number of hydrogen-bond donors (Lipinski definition) is 1. The Balaban J connectivity index is 2.23. The molecule has 0 spiro atoms. The molecule has 0 radical (unpaired) electrons. The number of nitrogens with one attached hydrogen (secondary N) is 1. The number of fused-ring (bicyclic) bond motifs is 1. The highest BCUT2D eigenvalue weighted by Crippen LogP contribution is 2.19. The van der Waals surface area contributed by atoms with Crippen LogP contribution in [0.5, 0.6) is 0 Å². The largest absolute Gasteiger partial charge is 0.335 e. The maximum absolute atomic E-state index is 4.50. The predicted octanol–water partition coefficient (Wildman–Crippen LogP) is 2.33. The zero-order chi connectivity index (χ0) is 11.0. The number of aromatic nitrogens is 4. The molecule has 2 heterocycles. The van der Waals surface area contributed by atoms with E-state index in [9.17, 15) is 0 Å². The summed E-state index contributed by atoms with van der Waals surface area (Å²) in [5.74, 6) is 1.34. The van der Waals surface area contributed by atoms with Crippen molar-refractivity contribution in [3.8, 4) is 11.6 Å². The molecule has 0 saturated heterocycles. The third-order valence-electron chi connectivity index (χ3n) is 2.49. The SMILES string of the molecule is Cc1cccc2[nH]c(-c3ncccn3)nc12. The van der Waals surface area contributed by atoms with Crippen LogP contribution >= 0.6 is 0 Å². The van der Waals surface area contributed by atoms with Crippen LogP contribution in [0, 0.1) is 6.92 Å². The first-order valence-electron chi connectivity index (χ1n) is 5.07. The fraction of sp³-hybridized carbons (Fsp3) is 0.0833. The van der Waals surface area contributed by atoms with Crippen molar-refractivity contribution >= 4 is 11.0 Å². The van der Waals surface area contributed by atoms with Crippen molar-refractivity contribution in [2.75, 3.05) is 0 Å². The molecule has 3 aromatic rings. The summed E-state index contributed by atoms with van der Waals surface area (Å²) < 4.78 is 0. The summed E-state index contributed by atoms with van der Waals surface area (Å²) in [6.07, 6.45) is 3.42. The molecular weight excluding hydrogens is 200 g/mol. The second kappa shape index (κ2) is 3.41. The van der Waals surface area contributed by atoms with Crippen LogP contribution in [0.4, 0.5) is 0 Å². The van der Waals surface area contributed by atoms with Crippen LogP contribution < -0.4 is 0 Å². The second-order valence-corrected chi connectivity index (χ2v) is 3.63. The zero-order valence-corrected chi connectivity index (χ0v) is 8.81. The second-order valence-electron chi connectivity index (χ2n) is 3.63. The summed E-state index contributed by atoms with van der Waals surface area (Å²) in [7, 11) is 0. The van der Waals surface area contributed by atoms with Crippen molar-refractivity contribution < 1.29 is 0 Å². The van der Waals surface area contributed by atoms with E-state index in [1.807, 2.05) is 25.1 Å². The van der Waals surface area contributed by atoms with Crippen molar-refractivity contribution in [1.29, 1.82) is 0 Å². The van der Waals surface area contributed by atoms with Crippen LogP contribution in [0.15, 0.2) is 36.7 Å². The predicted molar refractivity (Wildman–Crippen MR) is 61.9 cm³/mol. The highest BCUT2D eigenvalue weighted by Gasteiger charge is 2.07. The minimum Gasteiger partial charge on any atom is -0.335 e. The van der Waals surface area contributed by atoms with E-state index in [-0.39, 0.29) is 0 Å². The summed E-state index contributed by atoms with van der Waals surface area (Å²) in [5.41, 5.74) is 3.14. The van der Waals surface area contributed by atoms with Crippen molar-refractivity contribution in [3.05, 3.63) is 42.2 Å². The Kier molecular flexibility index (Phi) is 1.93. The average molecular weight is 210 g/mol. The van der Waals surface area contributed by atoms with Crippen molar-refractivity contribution in [2.24, 2.45) is 0 Å². The lowest BCUT2D eigenvalue weighted by atomic mass is 10.2. The highest BCUT2D eigenvalue weighted by atomic mass is 15.0. The van der Waals surface area contributed by atoms with Crippen molar-refractivity contribution in [3.63, 3.8) is 0 Å². The Morgan fingerprint density at radius 1 is 1.06 bits per heavy atom. The molecule has 4 heteroatoms. The monoisotopic (exact) mass is 210 g/mol. The quantitative estimate of drug-likeness (QED) is 0.670. The first kappa shape index (κ1) is 9.03. The Hall–Kier alpha value is -2.23. The van der Waals surface area contributed by atoms with Gasteiger partial charge in [0, 0.05) is 12.4 Å². The van der Waals surface area contributed by atoms with E-state index >= 15 is 0 Å². The van der Waals surface area contributed by atoms with Crippen molar-refractivity contribution in [1.82, 2.24) is 19.9 Å². The normalized spacial score (nSPS) is 10.8. The Labute approximate surface area is 92.4 Å². The molecule has 0 bridgehead atoms. The number of nitrogens with zero attached hydrogens (tertiary/aromatic N) is 3. The van der Waals surface area contributed by atoms with Crippen molar-refractivity contribution in [2.45, 2.75) is 6.92 Å². The lowest BCUT2D eigenvalue weighted by molar-refractivity contribution is 1.13. The van der Waals surface area contributed by atoms with Gasteiger partial charge < -0.3 is 4.98 Å². The molecule has 0 aliphatic rings. The van der Waals surface area contributed by atoms with Gasteiger partial charge in [0.25, 0.3) is 0 Å². The Bertz CT molecular complexity index is 628. The molecule has 0 saturated carbocycles. The van der Waals surface area contributed by atoms with Gasteiger partial charge in [0.1, 0.15) is 0 Å². The van der Waals surface area contributed by atoms with E-state index in [0.29, 0.717) is 11.6 Å². The van der Waals surface area contributed by atoms with Crippen LogP contribution in [-0.4, -0.2) is 19.9 Å². The van der Waals surface area contributed by atoms with Gasteiger partial charge in [-0.3, -0.25) is 0 Å². The van der Waals surface area contributed by atoms with Gasteiger partial charge in [-0.25, -0.2) is 15.0 Å². The molecule has 1 aromatic carbocycles. The number of para-hydroxylation sites is 1. The van der Waals surface area contributed by atoms with E-state index in [4.69, 9.17) is 0 Å². The fourth-order valence-electron chi connectivity index (χ4n) is 1.70. The summed E-state index contributed by atoms with van der Waals surface area (Å²) in [5, 5.41) is 0. The molecule has 0 aliphatic heterocycles. The van der Waals surface area contributed by atoms with Gasteiger partial charge in [-0.1, -0.05) is 12.1 Å². The molecule has 0 aliphatic carbocycles. The maximum atomic E-state index is 4.50. The van der Waals surface area contributed by atoms with Crippen LogP contribution in [0.25, 0.3) is 22.7 Å².